The molecule has 1 saturated carbocycles. The average Bonchev–Trinajstić information content (AvgIpc) is 3.11. The molecule has 3 fully saturated rings. The quantitative estimate of drug-likeness (QED) is 0.869. The number of alkyl carbamates (subject to hydrolysis) is 1. The van der Waals surface area contributed by atoms with E-state index >= 15 is 0 Å². The molecule has 0 spiro atoms. The van der Waals surface area contributed by atoms with Gasteiger partial charge < -0.3 is 15.0 Å². The number of cyclic esters (lactones) is 1. The smallest absolute Gasteiger partial charge is 0.407 e. The molecular formula is C22H30N2O3. The Hall–Kier alpha value is -2.04. The monoisotopic (exact) mass is 370 g/mol. The fraction of sp³-hybridized carbons (Fsp3) is 0.636. The molecule has 1 N–H and O–H groups in total. The summed E-state index contributed by atoms with van der Waals surface area (Å²) in [6, 6.07) is 9.07. The molecule has 4 rings (SSSR count). The van der Waals surface area contributed by atoms with Crippen LogP contribution in [-0.2, 0) is 14.9 Å². The summed E-state index contributed by atoms with van der Waals surface area (Å²) in [5.41, 5.74) is 2.96. The summed E-state index contributed by atoms with van der Waals surface area (Å²) in [5, 5.41) is 2.70. The van der Waals surface area contributed by atoms with Crippen LogP contribution < -0.4 is 5.32 Å². The van der Waals surface area contributed by atoms with Crippen LogP contribution in [0.4, 0.5) is 4.79 Å². The number of carbonyl (C=O) groups is 2. The van der Waals surface area contributed by atoms with Crippen molar-refractivity contribution in [3.8, 4) is 0 Å². The first-order valence-corrected chi connectivity index (χ1v) is 10.1. The van der Waals surface area contributed by atoms with Crippen molar-refractivity contribution in [3.63, 3.8) is 0 Å². The van der Waals surface area contributed by atoms with Crippen molar-refractivity contribution in [2.75, 3.05) is 26.2 Å². The maximum atomic E-state index is 12.9. The number of benzene rings is 1. The Morgan fingerprint density at radius 3 is 2.44 bits per heavy atom. The lowest BCUT2D eigenvalue weighted by molar-refractivity contribution is -0.135. The number of hydrogen-bond donors (Lipinski definition) is 1. The number of nitrogens with zero attached hydrogens (tertiary/aromatic N) is 1. The molecule has 5 heteroatoms. The van der Waals surface area contributed by atoms with Gasteiger partial charge in [0.05, 0.1) is 12.5 Å². The molecule has 1 aliphatic carbocycles. The van der Waals surface area contributed by atoms with Crippen LogP contribution in [0.1, 0.15) is 50.7 Å². The molecule has 1 unspecified atom stereocenters. The highest BCUT2D eigenvalue weighted by Gasteiger charge is 2.57. The Bertz CT molecular complexity index is 710. The lowest BCUT2D eigenvalue weighted by Crippen LogP contribution is -2.43. The van der Waals surface area contributed by atoms with E-state index < -0.39 is 6.09 Å². The molecule has 0 aromatic heterocycles. The fourth-order valence-electron chi connectivity index (χ4n) is 4.73. The minimum atomic E-state index is -0.407. The van der Waals surface area contributed by atoms with Crippen LogP contribution in [-0.4, -0.2) is 43.1 Å². The van der Waals surface area contributed by atoms with Gasteiger partial charge in [0, 0.05) is 19.6 Å². The highest BCUT2D eigenvalue weighted by atomic mass is 16.5. The Balaban J connectivity index is 1.34. The number of ether oxygens (including phenoxy) is 1. The summed E-state index contributed by atoms with van der Waals surface area (Å²) < 4.78 is 4.98. The zero-order valence-electron chi connectivity index (χ0n) is 16.5. The molecule has 146 valence electrons. The van der Waals surface area contributed by atoms with Crippen LogP contribution in [0.5, 0.6) is 0 Å². The third kappa shape index (κ3) is 3.69. The Kier molecular flexibility index (Phi) is 4.65. The first-order chi connectivity index (χ1) is 12.8. The molecule has 2 saturated heterocycles. The van der Waals surface area contributed by atoms with Gasteiger partial charge in [0.2, 0.25) is 5.91 Å². The standard InChI is InChI=1S/C22H30N2O3/c1-22(2,3)16-8-6-14(7-9-16)19-17-12-24(13-18(17)19)20(25)15-5-4-10-27-21(26)23-11-15/h6-9,15,17-19H,4-5,10-13H2,1-3H3,(H,23,26)/t15-,17-,18+,19?/m1/s1. The summed E-state index contributed by atoms with van der Waals surface area (Å²) >= 11 is 0. The second kappa shape index (κ2) is 6.84. The maximum absolute atomic E-state index is 12.9. The van der Waals surface area contributed by atoms with Crippen molar-refractivity contribution in [1.82, 2.24) is 10.2 Å². The predicted octanol–water partition coefficient (Wildman–Crippen LogP) is 3.29. The van der Waals surface area contributed by atoms with Gasteiger partial charge in [-0.1, -0.05) is 45.0 Å². The Labute approximate surface area is 161 Å². The highest BCUT2D eigenvalue weighted by Crippen LogP contribution is 2.58. The summed E-state index contributed by atoms with van der Waals surface area (Å²) in [6.45, 7) is 9.21. The summed E-state index contributed by atoms with van der Waals surface area (Å²) in [6.07, 6.45) is 1.13. The van der Waals surface area contributed by atoms with Crippen molar-refractivity contribution in [2.24, 2.45) is 17.8 Å². The molecule has 0 radical (unpaired) electrons. The fourth-order valence-corrected chi connectivity index (χ4v) is 4.73. The molecule has 1 aromatic rings. The topological polar surface area (TPSA) is 58.6 Å². The molecule has 2 amide bonds. The minimum Gasteiger partial charge on any atom is -0.450 e. The van der Waals surface area contributed by atoms with Gasteiger partial charge in [0.25, 0.3) is 0 Å². The van der Waals surface area contributed by atoms with Crippen molar-refractivity contribution in [3.05, 3.63) is 35.4 Å². The first kappa shape index (κ1) is 18.3. The van der Waals surface area contributed by atoms with Crippen LogP contribution in [0, 0.1) is 17.8 Å². The van der Waals surface area contributed by atoms with Crippen molar-refractivity contribution in [2.45, 2.75) is 44.9 Å². The normalized spacial score (nSPS) is 30.6. The minimum absolute atomic E-state index is 0.111. The van der Waals surface area contributed by atoms with E-state index in [-0.39, 0.29) is 17.2 Å². The summed E-state index contributed by atoms with van der Waals surface area (Å²) in [7, 11) is 0. The van der Waals surface area contributed by atoms with Crippen molar-refractivity contribution < 1.29 is 14.3 Å². The van der Waals surface area contributed by atoms with Crippen molar-refractivity contribution in [1.29, 1.82) is 0 Å². The third-order valence-electron chi connectivity index (χ3n) is 6.44. The molecule has 5 nitrogen and oxygen atoms in total. The van der Waals surface area contributed by atoms with E-state index in [2.05, 4.69) is 50.4 Å². The van der Waals surface area contributed by atoms with E-state index in [1.807, 2.05) is 4.90 Å². The number of fused-ring (bicyclic) bond motifs is 1. The molecule has 3 aliphatic rings. The van der Waals surface area contributed by atoms with Gasteiger partial charge in [0.1, 0.15) is 0 Å². The summed E-state index contributed by atoms with van der Waals surface area (Å²) in [5.74, 6) is 1.89. The average molecular weight is 370 g/mol. The molecular weight excluding hydrogens is 340 g/mol. The number of piperidine rings is 1. The number of carbonyl (C=O) groups excluding carboxylic acids is 2. The lowest BCUT2D eigenvalue weighted by atomic mass is 9.86. The second-order valence-corrected chi connectivity index (χ2v) is 9.32. The van der Waals surface area contributed by atoms with E-state index in [1.54, 1.807) is 0 Å². The van der Waals surface area contributed by atoms with Crippen LogP contribution in [0.15, 0.2) is 24.3 Å². The highest BCUT2D eigenvalue weighted by molar-refractivity contribution is 5.80. The van der Waals surface area contributed by atoms with Gasteiger partial charge in [-0.05, 0) is 47.1 Å². The Morgan fingerprint density at radius 2 is 1.81 bits per heavy atom. The Morgan fingerprint density at radius 1 is 1.15 bits per heavy atom. The second-order valence-electron chi connectivity index (χ2n) is 9.32. The molecule has 4 atom stereocenters. The SMILES string of the molecule is CC(C)(C)c1ccc(C2[C@H]3CN(C(=O)[C@@H]4CCCOC(=O)NC4)C[C@@H]23)cc1. The predicted molar refractivity (Wildman–Crippen MR) is 104 cm³/mol. The van der Waals surface area contributed by atoms with Gasteiger partial charge in [-0.2, -0.15) is 0 Å². The van der Waals surface area contributed by atoms with Gasteiger partial charge in [-0.15, -0.1) is 0 Å². The van der Waals surface area contributed by atoms with Gasteiger partial charge in [-0.25, -0.2) is 4.79 Å². The van der Waals surface area contributed by atoms with E-state index in [1.165, 1.54) is 11.1 Å². The van der Waals surface area contributed by atoms with Gasteiger partial charge >= 0.3 is 6.09 Å². The molecule has 27 heavy (non-hydrogen) atoms. The lowest BCUT2D eigenvalue weighted by Gasteiger charge is -2.27. The summed E-state index contributed by atoms with van der Waals surface area (Å²) in [4.78, 5) is 26.3. The first-order valence-electron chi connectivity index (χ1n) is 10.1. The van der Waals surface area contributed by atoms with Gasteiger partial charge in [-0.3, -0.25) is 4.79 Å². The van der Waals surface area contributed by atoms with Crippen LogP contribution in [0.25, 0.3) is 0 Å². The van der Waals surface area contributed by atoms with Crippen molar-refractivity contribution >= 4 is 12.0 Å². The zero-order valence-corrected chi connectivity index (χ0v) is 16.5. The number of nitrogens with one attached hydrogen (secondary N) is 1. The van der Waals surface area contributed by atoms with Gasteiger partial charge in [0.15, 0.2) is 0 Å². The molecule has 2 heterocycles. The van der Waals surface area contributed by atoms with Crippen LogP contribution in [0.2, 0.25) is 0 Å². The molecule has 2 aliphatic heterocycles. The van der Waals surface area contributed by atoms with E-state index in [0.717, 1.165) is 25.9 Å². The largest absolute Gasteiger partial charge is 0.450 e. The van der Waals surface area contributed by atoms with E-state index in [4.69, 9.17) is 4.74 Å². The maximum Gasteiger partial charge on any atom is 0.407 e. The van der Waals surface area contributed by atoms with Crippen LogP contribution in [0.3, 0.4) is 0 Å². The number of rotatable bonds is 2. The number of likely N-dealkylation sites (tertiary alicyclic amines) is 1. The third-order valence-corrected chi connectivity index (χ3v) is 6.44. The number of hydrogen-bond acceptors (Lipinski definition) is 3. The van der Waals surface area contributed by atoms with Crippen LogP contribution >= 0.6 is 0 Å². The van der Waals surface area contributed by atoms with E-state index in [9.17, 15) is 9.59 Å². The molecule has 0 bridgehead atoms. The number of amides is 2. The zero-order chi connectivity index (χ0) is 19.2. The van der Waals surface area contributed by atoms with E-state index in [0.29, 0.717) is 30.9 Å². The molecule has 1 aromatic carbocycles.